The van der Waals surface area contributed by atoms with E-state index in [2.05, 4.69) is 49.6 Å². The second kappa shape index (κ2) is 8.09. The predicted octanol–water partition coefficient (Wildman–Crippen LogP) is 3.31. The quantitative estimate of drug-likeness (QED) is 0.410. The SMILES string of the molecule is CN1CCC(NC(=O)c2cnn3ccc(-c4c[nH]c5nc(NCC6(C)CC6)ncc45)cc23)CC1. The number of nitrogens with one attached hydrogen (secondary N) is 3. The molecule has 0 bridgehead atoms. The van der Waals surface area contributed by atoms with Crippen LogP contribution in [-0.4, -0.2) is 68.1 Å². The monoisotopic (exact) mass is 458 g/mol. The fourth-order valence-electron chi connectivity index (χ4n) is 4.65. The van der Waals surface area contributed by atoms with E-state index in [1.165, 1.54) is 12.8 Å². The number of carbonyl (C=O) groups excluding carboxylic acids is 1. The van der Waals surface area contributed by atoms with Gasteiger partial charge in [-0.25, -0.2) is 9.50 Å². The number of carbonyl (C=O) groups is 1. The Labute approximate surface area is 198 Å². The summed E-state index contributed by atoms with van der Waals surface area (Å²) < 4.78 is 1.75. The fraction of sp³-hybridized carbons (Fsp3) is 0.440. The van der Waals surface area contributed by atoms with Gasteiger partial charge in [-0.1, -0.05) is 6.92 Å². The van der Waals surface area contributed by atoms with Crippen molar-refractivity contribution in [1.82, 2.24) is 34.8 Å². The summed E-state index contributed by atoms with van der Waals surface area (Å²) in [5.41, 5.74) is 4.55. The summed E-state index contributed by atoms with van der Waals surface area (Å²) in [6, 6.07) is 4.22. The molecule has 0 radical (unpaired) electrons. The molecular formula is C25H30N8O. The Kier molecular flexibility index (Phi) is 5.02. The van der Waals surface area contributed by atoms with Crippen LogP contribution in [0.3, 0.4) is 0 Å². The van der Waals surface area contributed by atoms with Gasteiger partial charge in [-0.05, 0) is 68.9 Å². The number of amides is 1. The predicted molar refractivity (Wildman–Crippen MR) is 132 cm³/mol. The summed E-state index contributed by atoms with van der Waals surface area (Å²) >= 11 is 0. The van der Waals surface area contributed by atoms with Crippen LogP contribution in [-0.2, 0) is 0 Å². The number of likely N-dealkylation sites (tertiary alicyclic amines) is 1. The van der Waals surface area contributed by atoms with E-state index < -0.39 is 0 Å². The van der Waals surface area contributed by atoms with E-state index in [4.69, 9.17) is 0 Å². The molecule has 1 aliphatic carbocycles. The molecule has 4 aromatic rings. The van der Waals surface area contributed by atoms with E-state index in [9.17, 15) is 4.79 Å². The van der Waals surface area contributed by atoms with Crippen molar-refractivity contribution in [3.8, 4) is 11.1 Å². The number of pyridine rings is 1. The summed E-state index contributed by atoms with van der Waals surface area (Å²) in [7, 11) is 2.12. The highest BCUT2D eigenvalue weighted by Gasteiger charge is 2.37. The molecular weight excluding hydrogens is 428 g/mol. The van der Waals surface area contributed by atoms with E-state index in [-0.39, 0.29) is 11.9 Å². The molecule has 3 N–H and O–H groups in total. The van der Waals surface area contributed by atoms with Crippen LogP contribution in [0.15, 0.2) is 36.9 Å². The van der Waals surface area contributed by atoms with E-state index >= 15 is 0 Å². The van der Waals surface area contributed by atoms with Gasteiger partial charge in [-0.3, -0.25) is 4.79 Å². The van der Waals surface area contributed by atoms with Crippen molar-refractivity contribution in [1.29, 1.82) is 0 Å². The highest BCUT2D eigenvalue weighted by molar-refractivity contribution is 6.02. The number of H-pyrrole nitrogens is 1. The zero-order valence-corrected chi connectivity index (χ0v) is 19.6. The van der Waals surface area contributed by atoms with Crippen LogP contribution in [0, 0.1) is 5.41 Å². The Morgan fingerprint density at radius 1 is 1.26 bits per heavy atom. The van der Waals surface area contributed by atoms with Gasteiger partial charge in [0.2, 0.25) is 5.95 Å². The first kappa shape index (κ1) is 21.1. The van der Waals surface area contributed by atoms with Gasteiger partial charge in [0.05, 0.1) is 17.3 Å². The number of nitrogens with zero attached hydrogens (tertiary/aromatic N) is 5. The summed E-state index contributed by atoms with van der Waals surface area (Å²) in [5, 5.41) is 11.9. The van der Waals surface area contributed by atoms with Crippen LogP contribution < -0.4 is 10.6 Å². The fourth-order valence-corrected chi connectivity index (χ4v) is 4.65. The summed E-state index contributed by atoms with van der Waals surface area (Å²) in [5.74, 6) is 0.581. The lowest BCUT2D eigenvalue weighted by atomic mass is 10.0. The average molecular weight is 459 g/mol. The minimum absolute atomic E-state index is 0.0657. The molecule has 9 nitrogen and oxygen atoms in total. The molecule has 5 heterocycles. The third-order valence-electron chi connectivity index (χ3n) is 7.34. The second-order valence-corrected chi connectivity index (χ2v) is 10.2. The van der Waals surface area contributed by atoms with Gasteiger partial charge in [0.15, 0.2) is 0 Å². The lowest BCUT2D eigenvalue weighted by Gasteiger charge is -2.29. The van der Waals surface area contributed by atoms with Crippen LogP contribution in [0.1, 0.15) is 43.0 Å². The van der Waals surface area contributed by atoms with Crippen LogP contribution >= 0.6 is 0 Å². The minimum atomic E-state index is -0.0657. The maximum atomic E-state index is 13.0. The number of fused-ring (bicyclic) bond motifs is 2. The van der Waals surface area contributed by atoms with Gasteiger partial charge < -0.3 is 20.5 Å². The van der Waals surface area contributed by atoms with Gasteiger partial charge >= 0.3 is 0 Å². The van der Waals surface area contributed by atoms with Crippen molar-refractivity contribution in [2.75, 3.05) is 32.0 Å². The van der Waals surface area contributed by atoms with Crippen molar-refractivity contribution in [2.45, 2.75) is 38.6 Å². The van der Waals surface area contributed by atoms with Gasteiger partial charge in [-0.2, -0.15) is 10.1 Å². The van der Waals surface area contributed by atoms with Crippen LogP contribution in [0.25, 0.3) is 27.7 Å². The topological polar surface area (TPSA) is 103 Å². The van der Waals surface area contributed by atoms with E-state index in [1.807, 2.05) is 30.7 Å². The molecule has 0 unspecified atom stereocenters. The molecule has 4 aromatic heterocycles. The number of piperidine rings is 1. The first-order valence-electron chi connectivity index (χ1n) is 12.0. The Morgan fingerprint density at radius 2 is 2.09 bits per heavy atom. The Morgan fingerprint density at radius 3 is 2.88 bits per heavy atom. The highest BCUT2D eigenvalue weighted by Crippen LogP contribution is 2.44. The Balaban J connectivity index is 1.25. The molecule has 1 aliphatic heterocycles. The van der Waals surface area contributed by atoms with Crippen molar-refractivity contribution >= 4 is 28.4 Å². The third-order valence-corrected chi connectivity index (χ3v) is 7.34. The molecule has 176 valence electrons. The number of anilines is 1. The lowest BCUT2D eigenvalue weighted by molar-refractivity contribution is 0.0918. The van der Waals surface area contributed by atoms with Gasteiger partial charge in [0.25, 0.3) is 5.91 Å². The van der Waals surface area contributed by atoms with Crippen LogP contribution in [0.4, 0.5) is 5.95 Å². The molecule has 2 aliphatic rings. The van der Waals surface area contributed by atoms with Gasteiger partial charge in [0, 0.05) is 42.1 Å². The largest absolute Gasteiger partial charge is 0.354 e. The number of hydrogen-bond acceptors (Lipinski definition) is 6. The summed E-state index contributed by atoms with van der Waals surface area (Å²) in [4.78, 5) is 27.8. The minimum Gasteiger partial charge on any atom is -0.354 e. The zero-order chi connectivity index (χ0) is 23.3. The molecule has 34 heavy (non-hydrogen) atoms. The van der Waals surface area contributed by atoms with Crippen molar-refractivity contribution < 1.29 is 4.79 Å². The second-order valence-electron chi connectivity index (χ2n) is 10.2. The summed E-state index contributed by atoms with van der Waals surface area (Å²) in [6.07, 6.45) is 11.8. The zero-order valence-electron chi connectivity index (χ0n) is 19.6. The van der Waals surface area contributed by atoms with E-state index in [0.29, 0.717) is 16.9 Å². The number of aromatic nitrogens is 5. The van der Waals surface area contributed by atoms with E-state index in [0.717, 1.165) is 60.2 Å². The van der Waals surface area contributed by atoms with Gasteiger partial charge in [-0.15, -0.1) is 0 Å². The normalized spacial score (nSPS) is 18.4. The summed E-state index contributed by atoms with van der Waals surface area (Å²) in [6.45, 7) is 5.18. The molecule has 6 rings (SSSR count). The van der Waals surface area contributed by atoms with E-state index in [1.54, 1.807) is 10.7 Å². The smallest absolute Gasteiger partial charge is 0.255 e. The lowest BCUT2D eigenvalue weighted by Crippen LogP contribution is -2.43. The number of aromatic amines is 1. The first-order chi connectivity index (χ1) is 16.5. The number of hydrogen-bond donors (Lipinski definition) is 3. The number of rotatable bonds is 6. The van der Waals surface area contributed by atoms with Gasteiger partial charge in [0.1, 0.15) is 5.65 Å². The maximum Gasteiger partial charge on any atom is 0.255 e. The van der Waals surface area contributed by atoms with Crippen molar-refractivity contribution in [2.24, 2.45) is 5.41 Å². The molecule has 0 atom stereocenters. The van der Waals surface area contributed by atoms with Crippen LogP contribution in [0.5, 0.6) is 0 Å². The molecule has 2 fully saturated rings. The Hall–Kier alpha value is -3.46. The average Bonchev–Trinajstić information content (AvgIpc) is 3.24. The van der Waals surface area contributed by atoms with Crippen LogP contribution in [0.2, 0.25) is 0 Å². The molecule has 0 aromatic carbocycles. The standard InChI is InChI=1S/C25H30N8O/c1-25(6-7-25)15-28-24-27-13-19-18(12-26-22(19)31-24)16-3-10-33-21(11-16)20(14-29-33)23(34)30-17-4-8-32(2)9-5-17/h3,10-14,17H,4-9,15H2,1-2H3,(H,30,34)(H2,26,27,28,31). The molecule has 0 spiro atoms. The third kappa shape index (κ3) is 4.00. The molecule has 1 saturated heterocycles. The maximum absolute atomic E-state index is 13.0. The van der Waals surface area contributed by atoms with Crippen molar-refractivity contribution in [3.63, 3.8) is 0 Å². The Bertz CT molecular complexity index is 1360. The first-order valence-corrected chi connectivity index (χ1v) is 12.0. The van der Waals surface area contributed by atoms with Crippen molar-refractivity contribution in [3.05, 3.63) is 42.5 Å². The molecule has 1 saturated carbocycles. The molecule has 1 amide bonds. The highest BCUT2D eigenvalue weighted by atomic mass is 16.1. The molecule has 9 heteroatoms.